The number of nitrogens with one attached hydrogen (secondary N) is 1. The van der Waals surface area contributed by atoms with E-state index in [0.717, 1.165) is 11.1 Å². The van der Waals surface area contributed by atoms with Crippen molar-refractivity contribution in [3.05, 3.63) is 65.2 Å². The summed E-state index contributed by atoms with van der Waals surface area (Å²) in [6.07, 6.45) is 2.91. The van der Waals surface area contributed by atoms with Crippen LogP contribution in [-0.4, -0.2) is 30.1 Å². The number of hydrogen-bond donors (Lipinski definition) is 2. The number of amides is 1. The van der Waals surface area contributed by atoms with Crippen molar-refractivity contribution in [1.29, 1.82) is 0 Å². The van der Waals surface area contributed by atoms with E-state index in [2.05, 4.69) is 50.4 Å². The van der Waals surface area contributed by atoms with Gasteiger partial charge >= 0.3 is 5.97 Å². The lowest BCUT2D eigenvalue weighted by Gasteiger charge is -2.19. The Balaban J connectivity index is 2.03. The second-order valence-electron chi connectivity index (χ2n) is 9.05. The van der Waals surface area contributed by atoms with E-state index < -0.39 is 17.9 Å². The molecule has 0 aliphatic rings. The van der Waals surface area contributed by atoms with Crippen molar-refractivity contribution in [2.45, 2.75) is 52.7 Å². The van der Waals surface area contributed by atoms with Gasteiger partial charge in [-0.2, -0.15) is 0 Å². The van der Waals surface area contributed by atoms with Crippen LogP contribution in [0.15, 0.2) is 48.5 Å². The van der Waals surface area contributed by atoms with Gasteiger partial charge in [0, 0.05) is 6.08 Å². The van der Waals surface area contributed by atoms with Crippen LogP contribution in [0, 0.1) is 5.92 Å². The quantitative estimate of drug-likeness (QED) is 0.548. The molecule has 2 aromatic carbocycles. The molecule has 6 nitrogen and oxygen atoms in total. The molecule has 0 aliphatic heterocycles. The van der Waals surface area contributed by atoms with Gasteiger partial charge in [0.2, 0.25) is 5.91 Å². The van der Waals surface area contributed by atoms with Gasteiger partial charge < -0.3 is 19.9 Å². The molecule has 2 rings (SSSR count). The van der Waals surface area contributed by atoms with Gasteiger partial charge in [-0.1, -0.05) is 65.0 Å². The molecule has 0 aromatic heterocycles. The maximum absolute atomic E-state index is 12.1. The van der Waals surface area contributed by atoms with Crippen molar-refractivity contribution in [2.75, 3.05) is 7.11 Å². The van der Waals surface area contributed by atoms with Crippen LogP contribution in [0.4, 0.5) is 0 Å². The summed E-state index contributed by atoms with van der Waals surface area (Å²) in [4.78, 5) is 23.3. The van der Waals surface area contributed by atoms with Gasteiger partial charge in [0.05, 0.1) is 7.11 Å². The van der Waals surface area contributed by atoms with Crippen molar-refractivity contribution < 1.29 is 24.2 Å². The Labute approximate surface area is 190 Å². The smallest absolute Gasteiger partial charge is 0.326 e. The molecule has 1 unspecified atom stereocenters. The van der Waals surface area contributed by atoms with Crippen LogP contribution >= 0.6 is 0 Å². The van der Waals surface area contributed by atoms with Crippen LogP contribution < -0.4 is 14.8 Å². The molecule has 0 fully saturated rings. The van der Waals surface area contributed by atoms with Crippen LogP contribution in [0.2, 0.25) is 0 Å². The highest BCUT2D eigenvalue weighted by molar-refractivity contribution is 5.94. The summed E-state index contributed by atoms with van der Waals surface area (Å²) >= 11 is 0. The minimum Gasteiger partial charge on any atom is -0.493 e. The minimum atomic E-state index is -1.06. The number of carboxylic acid groups (broad SMARTS) is 1. The molecule has 0 radical (unpaired) electrons. The molecule has 32 heavy (non-hydrogen) atoms. The standard InChI is InChI=1S/C26H33NO5/c1-17(2)24(25(29)30)27-23(28)14-10-18-9-13-21(22(15-18)31-6)32-16-19-7-11-20(12-8-19)26(3,4)5/h7-15,17,24H,16H2,1-6H3,(H,27,28)(H,29,30)/b14-10+. The van der Waals surface area contributed by atoms with E-state index in [4.69, 9.17) is 9.47 Å². The second-order valence-corrected chi connectivity index (χ2v) is 9.05. The summed E-state index contributed by atoms with van der Waals surface area (Å²) in [7, 11) is 1.56. The molecule has 6 heteroatoms. The van der Waals surface area contributed by atoms with Crippen molar-refractivity contribution in [3.8, 4) is 11.5 Å². The van der Waals surface area contributed by atoms with Crippen LogP contribution in [0.5, 0.6) is 11.5 Å². The zero-order valence-corrected chi connectivity index (χ0v) is 19.6. The van der Waals surface area contributed by atoms with Gasteiger partial charge in [0.1, 0.15) is 12.6 Å². The maximum Gasteiger partial charge on any atom is 0.326 e. The predicted octanol–water partition coefficient (Wildman–Crippen LogP) is 4.81. The maximum atomic E-state index is 12.1. The van der Waals surface area contributed by atoms with Gasteiger partial charge in [-0.15, -0.1) is 0 Å². The summed E-state index contributed by atoms with van der Waals surface area (Å²) in [5.41, 5.74) is 3.16. The normalized spacial score (nSPS) is 12.6. The number of hydrogen-bond acceptors (Lipinski definition) is 4. The van der Waals surface area contributed by atoms with Crippen LogP contribution in [0.25, 0.3) is 6.08 Å². The Bertz CT molecular complexity index is 955. The molecule has 0 aliphatic carbocycles. The molecule has 0 saturated heterocycles. The van der Waals surface area contributed by atoms with Crippen LogP contribution in [0.3, 0.4) is 0 Å². The third kappa shape index (κ3) is 7.15. The van der Waals surface area contributed by atoms with Crippen molar-refractivity contribution >= 4 is 18.0 Å². The molecule has 0 bridgehead atoms. The van der Waals surface area contributed by atoms with Crippen molar-refractivity contribution in [2.24, 2.45) is 5.92 Å². The van der Waals surface area contributed by atoms with E-state index in [1.165, 1.54) is 11.6 Å². The Hall–Kier alpha value is -3.28. The Kier molecular flexibility index (Phi) is 8.47. The van der Waals surface area contributed by atoms with E-state index in [1.54, 1.807) is 39.2 Å². The summed E-state index contributed by atoms with van der Waals surface area (Å²) < 4.78 is 11.4. The fourth-order valence-corrected chi connectivity index (χ4v) is 3.06. The fraction of sp³-hybridized carbons (Fsp3) is 0.385. The topological polar surface area (TPSA) is 84.9 Å². The summed E-state index contributed by atoms with van der Waals surface area (Å²) in [6, 6.07) is 12.8. The molecular weight excluding hydrogens is 406 g/mol. The number of aliphatic carboxylic acids is 1. The summed E-state index contributed by atoms with van der Waals surface area (Å²) in [6.45, 7) is 10.4. The van der Waals surface area contributed by atoms with Gasteiger partial charge in [-0.05, 0) is 46.2 Å². The first-order chi connectivity index (χ1) is 15.0. The van der Waals surface area contributed by atoms with Crippen LogP contribution in [-0.2, 0) is 21.6 Å². The molecule has 2 N–H and O–H groups in total. The average Bonchev–Trinajstić information content (AvgIpc) is 2.74. The van der Waals surface area contributed by atoms with E-state index in [-0.39, 0.29) is 11.3 Å². The first kappa shape index (κ1) is 25.0. The second kappa shape index (κ2) is 10.8. The van der Waals surface area contributed by atoms with E-state index in [0.29, 0.717) is 18.1 Å². The monoisotopic (exact) mass is 439 g/mol. The predicted molar refractivity (Wildman–Crippen MR) is 126 cm³/mol. The van der Waals surface area contributed by atoms with Crippen LogP contribution in [0.1, 0.15) is 51.3 Å². The van der Waals surface area contributed by atoms with Gasteiger partial charge in [-0.3, -0.25) is 4.79 Å². The molecule has 1 amide bonds. The first-order valence-electron chi connectivity index (χ1n) is 10.6. The van der Waals surface area contributed by atoms with Crippen molar-refractivity contribution in [1.82, 2.24) is 5.32 Å². The van der Waals surface area contributed by atoms with E-state index in [9.17, 15) is 14.7 Å². The highest BCUT2D eigenvalue weighted by Gasteiger charge is 2.22. The lowest BCUT2D eigenvalue weighted by molar-refractivity contribution is -0.142. The Morgan fingerprint density at radius 2 is 1.72 bits per heavy atom. The number of methoxy groups -OCH3 is 1. The number of ether oxygens (including phenoxy) is 2. The van der Waals surface area contributed by atoms with Crippen molar-refractivity contribution in [3.63, 3.8) is 0 Å². The highest BCUT2D eigenvalue weighted by Crippen LogP contribution is 2.29. The van der Waals surface area contributed by atoms with Gasteiger partial charge in [0.15, 0.2) is 11.5 Å². The molecule has 0 spiro atoms. The largest absolute Gasteiger partial charge is 0.493 e. The number of rotatable bonds is 9. The third-order valence-corrected chi connectivity index (χ3v) is 5.06. The summed E-state index contributed by atoms with van der Waals surface area (Å²) in [5, 5.41) is 11.7. The molecule has 1 atom stereocenters. The van der Waals surface area contributed by atoms with E-state index >= 15 is 0 Å². The third-order valence-electron chi connectivity index (χ3n) is 5.06. The van der Waals surface area contributed by atoms with E-state index in [1.807, 2.05) is 6.07 Å². The zero-order valence-electron chi connectivity index (χ0n) is 19.6. The Morgan fingerprint density at radius 3 is 2.25 bits per heavy atom. The first-order valence-corrected chi connectivity index (χ1v) is 10.6. The highest BCUT2D eigenvalue weighted by atomic mass is 16.5. The minimum absolute atomic E-state index is 0.103. The summed E-state index contributed by atoms with van der Waals surface area (Å²) in [5.74, 6) is -0.600. The number of benzene rings is 2. The van der Waals surface area contributed by atoms with Gasteiger partial charge in [0.25, 0.3) is 0 Å². The molecule has 0 heterocycles. The van der Waals surface area contributed by atoms with Gasteiger partial charge in [-0.25, -0.2) is 4.79 Å². The number of carbonyl (C=O) groups excluding carboxylic acids is 1. The fourth-order valence-electron chi connectivity index (χ4n) is 3.06. The molecular formula is C26H33NO5. The number of carboxylic acids is 1. The average molecular weight is 440 g/mol. The zero-order chi connectivity index (χ0) is 23.9. The molecule has 172 valence electrons. The Morgan fingerprint density at radius 1 is 1.06 bits per heavy atom. The SMILES string of the molecule is COc1cc(/C=C/C(=O)NC(C(=O)O)C(C)C)ccc1OCc1ccc(C(C)(C)C)cc1. The lowest BCUT2D eigenvalue weighted by atomic mass is 9.87. The number of carbonyl (C=O) groups is 2. The molecule has 0 saturated carbocycles. The lowest BCUT2D eigenvalue weighted by Crippen LogP contribution is -2.43. The molecule has 2 aromatic rings.